The highest BCUT2D eigenvalue weighted by Crippen LogP contribution is 2.29. The molecule has 0 fully saturated rings. The van der Waals surface area contributed by atoms with Crippen molar-refractivity contribution >= 4 is 27.4 Å². The number of hydrogen-bond donors (Lipinski definition) is 1. The van der Waals surface area contributed by atoms with Crippen molar-refractivity contribution in [3.8, 4) is 6.07 Å². The third-order valence-corrected chi connectivity index (χ3v) is 3.47. The van der Waals surface area contributed by atoms with Gasteiger partial charge in [-0.1, -0.05) is 15.9 Å². The standard InChI is InChI=1S/C15H14BrN3/c1-9-4-5-18-15(13(9)8-17)19-14-10(2)6-12(16)7-11(14)3/h4-7H,1-3H3,(H,18,19). The zero-order valence-corrected chi connectivity index (χ0v) is 12.7. The van der Waals surface area contributed by atoms with Crippen LogP contribution in [-0.2, 0) is 0 Å². The lowest BCUT2D eigenvalue weighted by Gasteiger charge is -2.14. The molecule has 2 rings (SSSR count). The van der Waals surface area contributed by atoms with Crippen LogP contribution in [0, 0.1) is 32.1 Å². The molecule has 1 aromatic heterocycles. The number of halogens is 1. The lowest BCUT2D eigenvalue weighted by Crippen LogP contribution is -2.01. The summed E-state index contributed by atoms with van der Waals surface area (Å²) in [6.45, 7) is 5.97. The van der Waals surface area contributed by atoms with Crippen LogP contribution in [0.3, 0.4) is 0 Å². The van der Waals surface area contributed by atoms with E-state index in [1.165, 1.54) is 0 Å². The fraction of sp³-hybridized carbons (Fsp3) is 0.200. The molecule has 1 aromatic carbocycles. The van der Waals surface area contributed by atoms with Crippen molar-refractivity contribution in [2.75, 3.05) is 5.32 Å². The molecule has 0 aliphatic heterocycles. The summed E-state index contributed by atoms with van der Waals surface area (Å²) in [5, 5.41) is 12.5. The van der Waals surface area contributed by atoms with Crippen LogP contribution >= 0.6 is 15.9 Å². The zero-order valence-electron chi connectivity index (χ0n) is 11.1. The maximum Gasteiger partial charge on any atom is 0.148 e. The first-order valence-corrected chi connectivity index (χ1v) is 6.71. The third kappa shape index (κ3) is 2.77. The molecule has 0 amide bonds. The second-order valence-corrected chi connectivity index (χ2v) is 5.42. The molecule has 1 N–H and O–H groups in total. The monoisotopic (exact) mass is 315 g/mol. The average molecular weight is 316 g/mol. The summed E-state index contributed by atoms with van der Waals surface area (Å²) in [6, 6.07) is 8.12. The molecule has 3 nitrogen and oxygen atoms in total. The predicted octanol–water partition coefficient (Wildman–Crippen LogP) is 4.38. The third-order valence-electron chi connectivity index (χ3n) is 3.01. The van der Waals surface area contributed by atoms with E-state index in [1.807, 2.05) is 39.0 Å². The highest BCUT2D eigenvalue weighted by Gasteiger charge is 2.10. The van der Waals surface area contributed by atoms with Gasteiger partial charge in [-0.2, -0.15) is 5.26 Å². The van der Waals surface area contributed by atoms with Gasteiger partial charge in [-0.3, -0.25) is 0 Å². The number of hydrogen-bond acceptors (Lipinski definition) is 3. The molecule has 2 aromatic rings. The summed E-state index contributed by atoms with van der Waals surface area (Å²) >= 11 is 3.48. The van der Waals surface area contributed by atoms with Crippen molar-refractivity contribution in [3.63, 3.8) is 0 Å². The van der Waals surface area contributed by atoms with Gasteiger partial charge in [0, 0.05) is 16.4 Å². The number of aromatic nitrogens is 1. The van der Waals surface area contributed by atoms with E-state index in [0.29, 0.717) is 11.4 Å². The average Bonchev–Trinajstić information content (AvgIpc) is 2.34. The summed E-state index contributed by atoms with van der Waals surface area (Å²) < 4.78 is 1.05. The number of nitrogens with one attached hydrogen (secondary N) is 1. The van der Waals surface area contributed by atoms with Gasteiger partial charge in [0.15, 0.2) is 0 Å². The quantitative estimate of drug-likeness (QED) is 0.894. The highest BCUT2D eigenvalue weighted by atomic mass is 79.9. The fourth-order valence-electron chi connectivity index (χ4n) is 2.02. The zero-order chi connectivity index (χ0) is 14.0. The summed E-state index contributed by atoms with van der Waals surface area (Å²) in [7, 11) is 0. The van der Waals surface area contributed by atoms with Crippen molar-refractivity contribution in [2.24, 2.45) is 0 Å². The van der Waals surface area contributed by atoms with Crippen LogP contribution in [0.25, 0.3) is 0 Å². The summed E-state index contributed by atoms with van der Waals surface area (Å²) in [5.74, 6) is 0.607. The van der Waals surface area contributed by atoms with Crippen molar-refractivity contribution in [2.45, 2.75) is 20.8 Å². The Kier molecular flexibility index (Phi) is 3.87. The molecular formula is C15H14BrN3. The molecule has 0 radical (unpaired) electrons. The van der Waals surface area contributed by atoms with E-state index < -0.39 is 0 Å². The van der Waals surface area contributed by atoms with Crippen molar-refractivity contribution in [1.29, 1.82) is 5.26 Å². The van der Waals surface area contributed by atoms with Crippen LogP contribution in [0.1, 0.15) is 22.3 Å². The number of nitrogens with zero attached hydrogens (tertiary/aromatic N) is 2. The van der Waals surface area contributed by atoms with Gasteiger partial charge >= 0.3 is 0 Å². The number of pyridine rings is 1. The minimum absolute atomic E-state index is 0.587. The highest BCUT2D eigenvalue weighted by molar-refractivity contribution is 9.10. The minimum atomic E-state index is 0.587. The van der Waals surface area contributed by atoms with Gasteiger partial charge in [-0.05, 0) is 55.7 Å². The van der Waals surface area contributed by atoms with E-state index in [9.17, 15) is 5.26 Å². The molecule has 96 valence electrons. The van der Waals surface area contributed by atoms with Crippen LogP contribution in [0.15, 0.2) is 28.9 Å². The Morgan fingerprint density at radius 3 is 2.37 bits per heavy atom. The Morgan fingerprint density at radius 1 is 1.16 bits per heavy atom. The first-order valence-electron chi connectivity index (χ1n) is 5.92. The summed E-state index contributed by atoms with van der Waals surface area (Å²) in [6.07, 6.45) is 1.71. The van der Waals surface area contributed by atoms with Crippen molar-refractivity contribution < 1.29 is 0 Å². The van der Waals surface area contributed by atoms with Gasteiger partial charge in [0.05, 0.1) is 5.56 Å². The lowest BCUT2D eigenvalue weighted by molar-refractivity contribution is 1.23. The first-order chi connectivity index (χ1) is 9.02. The van der Waals surface area contributed by atoms with Crippen molar-refractivity contribution in [3.05, 3.63) is 51.1 Å². The van der Waals surface area contributed by atoms with Gasteiger partial charge in [-0.25, -0.2) is 4.98 Å². The molecule has 0 aliphatic carbocycles. The summed E-state index contributed by atoms with van der Waals surface area (Å²) in [5.41, 5.74) is 4.73. The van der Waals surface area contributed by atoms with E-state index in [2.05, 4.69) is 32.3 Å². The molecule has 0 bridgehead atoms. The van der Waals surface area contributed by atoms with Crippen LogP contribution in [0.5, 0.6) is 0 Å². The molecule has 0 unspecified atom stereocenters. The van der Waals surface area contributed by atoms with Gasteiger partial charge in [0.2, 0.25) is 0 Å². The van der Waals surface area contributed by atoms with E-state index in [-0.39, 0.29) is 0 Å². The Bertz CT molecular complexity index is 649. The first kappa shape index (κ1) is 13.6. The van der Waals surface area contributed by atoms with Crippen LogP contribution in [0.2, 0.25) is 0 Å². The second-order valence-electron chi connectivity index (χ2n) is 4.50. The molecule has 0 aliphatic rings. The largest absolute Gasteiger partial charge is 0.339 e. The van der Waals surface area contributed by atoms with E-state index in [0.717, 1.165) is 26.9 Å². The van der Waals surface area contributed by atoms with E-state index >= 15 is 0 Å². The van der Waals surface area contributed by atoms with Gasteiger partial charge < -0.3 is 5.32 Å². The minimum Gasteiger partial charge on any atom is -0.339 e. The molecule has 1 heterocycles. The van der Waals surface area contributed by atoms with Crippen LogP contribution in [-0.4, -0.2) is 4.98 Å². The van der Waals surface area contributed by atoms with Crippen molar-refractivity contribution in [1.82, 2.24) is 4.98 Å². The Hall–Kier alpha value is -1.86. The topological polar surface area (TPSA) is 48.7 Å². The molecule has 0 atom stereocenters. The fourth-order valence-corrected chi connectivity index (χ4v) is 2.71. The summed E-state index contributed by atoms with van der Waals surface area (Å²) in [4.78, 5) is 4.26. The molecule has 19 heavy (non-hydrogen) atoms. The molecule has 0 spiro atoms. The smallest absolute Gasteiger partial charge is 0.148 e. The number of aryl methyl sites for hydroxylation is 3. The normalized spacial score (nSPS) is 10.1. The number of nitriles is 1. The van der Waals surface area contributed by atoms with E-state index in [4.69, 9.17) is 0 Å². The van der Waals surface area contributed by atoms with E-state index in [1.54, 1.807) is 6.20 Å². The van der Waals surface area contributed by atoms with Crippen LogP contribution in [0.4, 0.5) is 11.5 Å². The van der Waals surface area contributed by atoms with Gasteiger partial charge in [-0.15, -0.1) is 0 Å². The van der Waals surface area contributed by atoms with Gasteiger partial charge in [0.25, 0.3) is 0 Å². The molecule has 0 saturated heterocycles. The Morgan fingerprint density at radius 2 is 1.79 bits per heavy atom. The molecule has 0 saturated carbocycles. The van der Waals surface area contributed by atoms with Gasteiger partial charge in [0.1, 0.15) is 11.9 Å². The number of benzene rings is 1. The lowest BCUT2D eigenvalue weighted by atomic mass is 10.1. The molecular weight excluding hydrogens is 302 g/mol. The Balaban J connectivity index is 2.49. The predicted molar refractivity (Wildman–Crippen MR) is 80.6 cm³/mol. The maximum atomic E-state index is 9.22. The number of anilines is 2. The molecule has 4 heteroatoms. The maximum absolute atomic E-state index is 9.22. The number of rotatable bonds is 2. The Labute approximate surface area is 121 Å². The second kappa shape index (κ2) is 5.41. The SMILES string of the molecule is Cc1ccnc(Nc2c(C)cc(Br)cc2C)c1C#N. The van der Waals surface area contributed by atoms with Crippen LogP contribution < -0.4 is 5.32 Å².